The Hall–Kier alpha value is -5.09. The van der Waals surface area contributed by atoms with E-state index in [2.05, 4.69) is 15.3 Å². The molecule has 1 unspecified atom stereocenters. The van der Waals surface area contributed by atoms with E-state index in [1.807, 2.05) is 30.3 Å². The van der Waals surface area contributed by atoms with Crippen LogP contribution in [0.4, 0.5) is 0 Å². The summed E-state index contributed by atoms with van der Waals surface area (Å²) in [4.78, 5) is 58.9. The van der Waals surface area contributed by atoms with E-state index in [9.17, 15) is 19.2 Å². The quantitative estimate of drug-likeness (QED) is 0.163. The van der Waals surface area contributed by atoms with E-state index in [4.69, 9.17) is 5.21 Å². The van der Waals surface area contributed by atoms with Crippen molar-refractivity contribution in [1.82, 2.24) is 25.7 Å². The molecule has 1 aromatic heterocycles. The topological polar surface area (TPSA) is 144 Å². The van der Waals surface area contributed by atoms with E-state index < -0.39 is 29.3 Å². The van der Waals surface area contributed by atoms with Crippen LogP contribution in [0.5, 0.6) is 0 Å². The number of hydrogen-bond acceptors (Lipinski definition) is 6. The molecule has 1 atom stereocenters. The van der Waals surface area contributed by atoms with Crippen molar-refractivity contribution < 1.29 is 19.6 Å². The lowest BCUT2D eigenvalue weighted by atomic mass is 10.0. The summed E-state index contributed by atoms with van der Waals surface area (Å²) in [5.74, 6) is -1.86. The first-order valence-electron chi connectivity index (χ1n) is 11.7. The first kappa shape index (κ1) is 26.0. The Morgan fingerprint density at radius 3 is 2.39 bits per heavy atom. The number of hydrogen-bond donors (Lipinski definition) is 4. The number of H-pyrrole nitrogens is 1. The van der Waals surface area contributed by atoms with Crippen LogP contribution in [0.15, 0.2) is 89.7 Å². The number of likely N-dealkylation sites (N-methyl/N-ethyl adjacent to an activating group) is 1. The molecule has 0 fully saturated rings. The fourth-order valence-corrected chi connectivity index (χ4v) is 3.89. The first-order chi connectivity index (χ1) is 18.4. The molecule has 0 aliphatic carbocycles. The van der Waals surface area contributed by atoms with Crippen LogP contribution in [-0.4, -0.2) is 44.8 Å². The summed E-state index contributed by atoms with van der Waals surface area (Å²) in [6.07, 6.45) is 2.62. The Balaban J connectivity index is 1.66. The second-order valence-corrected chi connectivity index (χ2v) is 8.43. The summed E-state index contributed by atoms with van der Waals surface area (Å²) in [5, 5.41) is 11.5. The van der Waals surface area contributed by atoms with Crippen molar-refractivity contribution in [3.8, 4) is 0 Å². The molecule has 3 aromatic carbocycles. The number of amides is 3. The maximum atomic E-state index is 13.5. The molecule has 0 spiro atoms. The van der Waals surface area contributed by atoms with Crippen LogP contribution in [0.1, 0.15) is 33.2 Å². The summed E-state index contributed by atoms with van der Waals surface area (Å²) in [5.41, 5.74) is 3.44. The predicted octanol–water partition coefficient (Wildman–Crippen LogP) is 2.57. The van der Waals surface area contributed by atoms with Crippen LogP contribution in [0, 0.1) is 0 Å². The molecule has 0 saturated heterocycles. The third kappa shape index (κ3) is 6.00. The minimum absolute atomic E-state index is 0.240. The fourth-order valence-electron chi connectivity index (χ4n) is 3.89. The van der Waals surface area contributed by atoms with Crippen molar-refractivity contribution in [2.24, 2.45) is 0 Å². The van der Waals surface area contributed by atoms with Gasteiger partial charge >= 0.3 is 0 Å². The molecule has 0 bridgehead atoms. The number of nitrogens with one attached hydrogen (secondary N) is 3. The second-order valence-electron chi connectivity index (χ2n) is 8.43. The van der Waals surface area contributed by atoms with Crippen LogP contribution in [0.3, 0.4) is 0 Å². The van der Waals surface area contributed by atoms with Gasteiger partial charge in [0.2, 0.25) is 5.91 Å². The van der Waals surface area contributed by atoms with Gasteiger partial charge < -0.3 is 15.2 Å². The number of carbonyl (C=O) groups is 3. The molecule has 4 N–H and O–H groups in total. The molecule has 0 aliphatic heterocycles. The molecule has 192 valence electrons. The standard InChI is InChI=1S/C28H25N5O5/c1-33(28(37)24-26(35)31-22-10-6-5-9-21(22)30-24)25(27(36)29-17-19-7-3-2-4-8-19)20-14-11-18(12-15-20)13-16-23(34)32-38/h2-16,25,38H,17H2,1H3,(H,29,36)(H,31,35)(H,32,34). The highest BCUT2D eigenvalue weighted by Gasteiger charge is 2.31. The van der Waals surface area contributed by atoms with Crippen LogP contribution in [-0.2, 0) is 16.1 Å². The molecule has 1 heterocycles. The van der Waals surface area contributed by atoms with Crippen molar-refractivity contribution in [3.63, 3.8) is 0 Å². The molecule has 4 rings (SSSR count). The largest absolute Gasteiger partial charge is 0.350 e. The van der Waals surface area contributed by atoms with E-state index in [1.54, 1.807) is 48.5 Å². The lowest BCUT2D eigenvalue weighted by Gasteiger charge is -2.27. The Kier molecular flexibility index (Phi) is 8.04. The van der Waals surface area contributed by atoms with Crippen molar-refractivity contribution in [3.05, 3.63) is 118 Å². The van der Waals surface area contributed by atoms with Gasteiger partial charge in [0, 0.05) is 19.7 Å². The van der Waals surface area contributed by atoms with Gasteiger partial charge in [-0.1, -0.05) is 66.7 Å². The Morgan fingerprint density at radius 1 is 1.00 bits per heavy atom. The number of aromatic amines is 1. The van der Waals surface area contributed by atoms with Gasteiger partial charge in [-0.15, -0.1) is 0 Å². The second kappa shape index (κ2) is 11.8. The number of benzene rings is 3. The van der Waals surface area contributed by atoms with Crippen LogP contribution < -0.4 is 16.4 Å². The summed E-state index contributed by atoms with van der Waals surface area (Å²) in [6.45, 7) is 0.240. The summed E-state index contributed by atoms with van der Waals surface area (Å²) < 4.78 is 0. The molecule has 0 aliphatic rings. The molecule has 4 aromatic rings. The number of carbonyl (C=O) groups excluding carboxylic acids is 3. The minimum Gasteiger partial charge on any atom is -0.350 e. The first-order valence-corrected chi connectivity index (χ1v) is 11.7. The SMILES string of the molecule is CN(C(=O)c1nc2ccccc2[nH]c1=O)C(C(=O)NCc1ccccc1)c1ccc(C=CC(=O)NO)cc1. The Bertz CT molecular complexity index is 1550. The van der Waals surface area contributed by atoms with Gasteiger partial charge in [-0.05, 0) is 34.9 Å². The maximum absolute atomic E-state index is 13.5. The van der Waals surface area contributed by atoms with E-state index in [0.29, 0.717) is 22.2 Å². The van der Waals surface area contributed by atoms with E-state index in [0.717, 1.165) is 11.6 Å². The molecule has 0 radical (unpaired) electrons. The Labute approximate surface area is 217 Å². The highest BCUT2D eigenvalue weighted by atomic mass is 16.5. The van der Waals surface area contributed by atoms with E-state index in [1.165, 1.54) is 23.5 Å². The number of para-hydroxylation sites is 2. The summed E-state index contributed by atoms with van der Waals surface area (Å²) >= 11 is 0. The van der Waals surface area contributed by atoms with E-state index in [-0.39, 0.29) is 12.2 Å². The van der Waals surface area contributed by atoms with Gasteiger partial charge in [0.05, 0.1) is 11.0 Å². The number of rotatable bonds is 8. The number of hydroxylamine groups is 1. The van der Waals surface area contributed by atoms with Gasteiger partial charge in [-0.25, -0.2) is 10.5 Å². The van der Waals surface area contributed by atoms with Crippen molar-refractivity contribution in [1.29, 1.82) is 0 Å². The maximum Gasteiger partial charge on any atom is 0.280 e. The zero-order valence-electron chi connectivity index (χ0n) is 20.4. The Morgan fingerprint density at radius 2 is 1.68 bits per heavy atom. The van der Waals surface area contributed by atoms with Gasteiger partial charge in [0.1, 0.15) is 6.04 Å². The number of fused-ring (bicyclic) bond motifs is 1. The molecule has 3 amide bonds. The molecular formula is C28H25N5O5. The molecule has 0 saturated carbocycles. The smallest absolute Gasteiger partial charge is 0.280 e. The number of aromatic nitrogens is 2. The van der Waals surface area contributed by atoms with Crippen LogP contribution in [0.25, 0.3) is 17.1 Å². The molecule has 10 nitrogen and oxygen atoms in total. The lowest BCUT2D eigenvalue weighted by Crippen LogP contribution is -2.43. The van der Waals surface area contributed by atoms with Gasteiger partial charge in [0.25, 0.3) is 17.4 Å². The average Bonchev–Trinajstić information content (AvgIpc) is 2.95. The van der Waals surface area contributed by atoms with Crippen LogP contribution >= 0.6 is 0 Å². The molecule has 38 heavy (non-hydrogen) atoms. The molecular weight excluding hydrogens is 486 g/mol. The van der Waals surface area contributed by atoms with Crippen molar-refractivity contribution in [2.45, 2.75) is 12.6 Å². The summed E-state index contributed by atoms with van der Waals surface area (Å²) in [6, 6.07) is 21.7. The zero-order valence-corrected chi connectivity index (χ0v) is 20.4. The zero-order chi connectivity index (χ0) is 27.1. The predicted molar refractivity (Wildman–Crippen MR) is 141 cm³/mol. The lowest BCUT2D eigenvalue weighted by molar-refractivity contribution is -0.126. The molecule has 10 heteroatoms. The fraction of sp³-hybridized carbons (Fsp3) is 0.107. The van der Waals surface area contributed by atoms with Crippen molar-refractivity contribution >= 4 is 34.8 Å². The highest BCUT2D eigenvalue weighted by Crippen LogP contribution is 2.23. The van der Waals surface area contributed by atoms with Gasteiger partial charge in [-0.3, -0.25) is 24.4 Å². The van der Waals surface area contributed by atoms with Crippen LogP contribution in [0.2, 0.25) is 0 Å². The van der Waals surface area contributed by atoms with E-state index >= 15 is 0 Å². The van der Waals surface area contributed by atoms with Gasteiger partial charge in [0.15, 0.2) is 5.69 Å². The monoisotopic (exact) mass is 511 g/mol. The summed E-state index contributed by atoms with van der Waals surface area (Å²) in [7, 11) is 1.44. The normalized spacial score (nSPS) is 11.7. The van der Waals surface area contributed by atoms with Crippen molar-refractivity contribution in [2.75, 3.05) is 7.05 Å². The minimum atomic E-state index is -1.09. The number of nitrogens with zero attached hydrogens (tertiary/aromatic N) is 2. The average molecular weight is 512 g/mol. The van der Waals surface area contributed by atoms with Gasteiger partial charge in [-0.2, -0.15) is 0 Å². The third-order valence-corrected chi connectivity index (χ3v) is 5.86. The third-order valence-electron chi connectivity index (χ3n) is 5.86. The highest BCUT2D eigenvalue weighted by molar-refractivity contribution is 5.97.